The lowest BCUT2D eigenvalue weighted by atomic mass is 10.2. The van der Waals surface area contributed by atoms with Crippen LogP contribution in [0.1, 0.15) is 5.56 Å². The Morgan fingerprint density at radius 3 is 2.23 bits per heavy atom. The molecule has 4 aromatic carbocycles. The van der Waals surface area contributed by atoms with E-state index < -0.39 is 5.82 Å². The van der Waals surface area contributed by atoms with E-state index in [2.05, 4.69) is 15.3 Å². The largest absolute Gasteiger partial charge is 0.457 e. The van der Waals surface area contributed by atoms with Crippen molar-refractivity contribution in [3.63, 3.8) is 0 Å². The summed E-state index contributed by atoms with van der Waals surface area (Å²) in [5, 5.41) is 11.5. The molecule has 0 saturated carbocycles. The Labute approximate surface area is 205 Å². The van der Waals surface area contributed by atoms with Gasteiger partial charge in [0.25, 0.3) is 0 Å². The average Bonchev–Trinajstić information content (AvgIpc) is 3.26. The van der Waals surface area contributed by atoms with Crippen molar-refractivity contribution in [3.8, 4) is 34.4 Å². The topological polar surface area (TPSA) is 64.4 Å². The van der Waals surface area contributed by atoms with Crippen LogP contribution in [0.15, 0.2) is 108 Å². The summed E-state index contributed by atoms with van der Waals surface area (Å²) >= 11 is 5.37. The predicted molar refractivity (Wildman–Crippen MR) is 135 cm³/mol. The van der Waals surface area contributed by atoms with Gasteiger partial charge in [-0.05, 0) is 72.4 Å². The van der Waals surface area contributed by atoms with Gasteiger partial charge in [-0.1, -0.05) is 48.5 Å². The summed E-state index contributed by atoms with van der Waals surface area (Å²) in [5.74, 6) is 1.95. The second kappa shape index (κ2) is 10.1. The number of aromatic nitrogens is 3. The zero-order chi connectivity index (χ0) is 24.0. The van der Waals surface area contributed by atoms with Gasteiger partial charge in [-0.15, -0.1) is 0 Å². The van der Waals surface area contributed by atoms with Crippen molar-refractivity contribution < 1.29 is 13.9 Å². The van der Waals surface area contributed by atoms with Crippen molar-refractivity contribution in [2.75, 3.05) is 0 Å². The number of hydrogen-bond acceptors (Lipinski definition) is 5. The molecule has 0 aliphatic carbocycles. The molecular formula is C27H19FN4O2S. The van der Waals surface area contributed by atoms with Gasteiger partial charge in [0.1, 0.15) is 17.2 Å². The van der Waals surface area contributed by atoms with E-state index in [1.807, 2.05) is 72.8 Å². The average molecular weight is 483 g/mol. The van der Waals surface area contributed by atoms with Gasteiger partial charge in [-0.25, -0.2) is 9.49 Å². The number of para-hydroxylation sites is 2. The van der Waals surface area contributed by atoms with Crippen LogP contribution in [-0.2, 0) is 0 Å². The Morgan fingerprint density at radius 1 is 0.800 bits per heavy atom. The Balaban J connectivity index is 1.41. The Hall–Kier alpha value is -4.56. The maximum absolute atomic E-state index is 14.4. The first-order valence-electron chi connectivity index (χ1n) is 10.7. The normalized spacial score (nSPS) is 11.0. The lowest BCUT2D eigenvalue weighted by molar-refractivity contribution is 0.442. The van der Waals surface area contributed by atoms with E-state index in [0.717, 1.165) is 11.3 Å². The van der Waals surface area contributed by atoms with E-state index >= 15 is 0 Å². The summed E-state index contributed by atoms with van der Waals surface area (Å²) in [6.45, 7) is 0. The van der Waals surface area contributed by atoms with Crippen LogP contribution in [0.2, 0.25) is 0 Å². The molecule has 1 aromatic heterocycles. The van der Waals surface area contributed by atoms with Gasteiger partial charge in [-0.2, -0.15) is 14.9 Å². The summed E-state index contributed by atoms with van der Waals surface area (Å²) < 4.78 is 27.8. The minimum Gasteiger partial charge on any atom is -0.457 e. The molecule has 0 spiro atoms. The molecule has 0 unspecified atom stereocenters. The van der Waals surface area contributed by atoms with Gasteiger partial charge < -0.3 is 9.47 Å². The number of rotatable bonds is 7. The molecule has 0 atom stereocenters. The van der Waals surface area contributed by atoms with Crippen molar-refractivity contribution in [1.29, 1.82) is 0 Å². The fourth-order valence-electron chi connectivity index (χ4n) is 3.33. The molecule has 5 rings (SSSR count). The third-order valence-electron chi connectivity index (χ3n) is 4.97. The third-order valence-corrected chi connectivity index (χ3v) is 5.23. The highest BCUT2D eigenvalue weighted by Crippen LogP contribution is 2.29. The Kier molecular flexibility index (Phi) is 6.45. The summed E-state index contributed by atoms with van der Waals surface area (Å²) in [6.07, 6.45) is 1.65. The molecule has 0 saturated heterocycles. The number of aromatic amines is 1. The number of nitrogens with one attached hydrogen (secondary N) is 1. The highest BCUT2D eigenvalue weighted by molar-refractivity contribution is 7.71. The van der Waals surface area contributed by atoms with E-state index in [1.54, 1.807) is 30.5 Å². The van der Waals surface area contributed by atoms with Crippen molar-refractivity contribution >= 4 is 18.4 Å². The quantitative estimate of drug-likeness (QED) is 0.197. The summed E-state index contributed by atoms with van der Waals surface area (Å²) in [7, 11) is 0. The molecule has 6 nitrogen and oxygen atoms in total. The second-order valence-corrected chi connectivity index (χ2v) is 7.84. The van der Waals surface area contributed by atoms with Gasteiger partial charge >= 0.3 is 0 Å². The number of benzene rings is 4. The van der Waals surface area contributed by atoms with Crippen LogP contribution < -0.4 is 9.47 Å². The zero-order valence-corrected chi connectivity index (χ0v) is 19.2. The van der Waals surface area contributed by atoms with E-state index in [1.165, 1.54) is 10.7 Å². The predicted octanol–water partition coefficient (Wildman–Crippen LogP) is 7.21. The molecule has 35 heavy (non-hydrogen) atoms. The summed E-state index contributed by atoms with van der Waals surface area (Å²) in [6, 6.07) is 30.5. The molecule has 5 aromatic rings. The Morgan fingerprint density at radius 2 is 1.49 bits per heavy atom. The van der Waals surface area contributed by atoms with Crippen LogP contribution in [0.25, 0.3) is 11.4 Å². The molecule has 0 aliphatic heterocycles. The SMILES string of the molecule is Fc1ccc(-c2n[nH]c(=S)n2/N=C/c2cccc(Oc3ccccc3)c2)cc1Oc1ccccc1. The third kappa shape index (κ3) is 5.34. The highest BCUT2D eigenvalue weighted by Gasteiger charge is 2.13. The first-order valence-corrected chi connectivity index (χ1v) is 11.1. The van der Waals surface area contributed by atoms with Gasteiger partial charge in [0.05, 0.1) is 6.21 Å². The minimum absolute atomic E-state index is 0.0731. The first-order chi connectivity index (χ1) is 17.2. The lowest BCUT2D eigenvalue weighted by Gasteiger charge is -2.09. The molecule has 172 valence electrons. The van der Waals surface area contributed by atoms with E-state index in [-0.39, 0.29) is 5.75 Å². The maximum Gasteiger partial charge on any atom is 0.216 e. The maximum atomic E-state index is 14.4. The van der Waals surface area contributed by atoms with Gasteiger partial charge in [0.15, 0.2) is 17.4 Å². The number of hydrogen-bond donors (Lipinski definition) is 1. The Bertz CT molecular complexity index is 1530. The molecule has 0 amide bonds. The van der Waals surface area contributed by atoms with Crippen LogP contribution in [0.5, 0.6) is 23.0 Å². The van der Waals surface area contributed by atoms with Crippen LogP contribution in [-0.4, -0.2) is 21.1 Å². The van der Waals surface area contributed by atoms with E-state index in [9.17, 15) is 4.39 Å². The highest BCUT2D eigenvalue weighted by atomic mass is 32.1. The molecule has 8 heteroatoms. The lowest BCUT2D eigenvalue weighted by Crippen LogP contribution is -1.96. The van der Waals surface area contributed by atoms with Gasteiger partial charge in [0, 0.05) is 5.56 Å². The molecular weight excluding hydrogens is 463 g/mol. The standard InChI is InChI=1S/C27H19FN4O2S/c28-24-15-14-20(17-25(24)34-22-11-5-2-6-12-22)26-30-31-27(35)32(26)29-18-19-8-7-13-23(16-19)33-21-9-3-1-4-10-21/h1-18H,(H,31,35)/b29-18+. The second-order valence-electron chi connectivity index (χ2n) is 7.46. The van der Waals surface area contributed by atoms with Crippen molar-refractivity contribution in [2.24, 2.45) is 5.10 Å². The zero-order valence-electron chi connectivity index (χ0n) is 18.3. The van der Waals surface area contributed by atoms with E-state index in [0.29, 0.717) is 27.7 Å². The van der Waals surface area contributed by atoms with E-state index in [4.69, 9.17) is 21.7 Å². The van der Waals surface area contributed by atoms with Crippen LogP contribution in [0.3, 0.4) is 0 Å². The van der Waals surface area contributed by atoms with Crippen molar-refractivity contribution in [3.05, 3.63) is 119 Å². The molecule has 1 heterocycles. The van der Waals surface area contributed by atoms with Crippen LogP contribution in [0.4, 0.5) is 4.39 Å². The summed E-state index contributed by atoms with van der Waals surface area (Å²) in [4.78, 5) is 0. The number of halogens is 1. The number of ether oxygens (including phenoxy) is 2. The molecule has 1 N–H and O–H groups in total. The first kappa shape index (κ1) is 22.2. The number of H-pyrrole nitrogens is 1. The van der Waals surface area contributed by atoms with Gasteiger partial charge in [-0.3, -0.25) is 0 Å². The molecule has 0 bridgehead atoms. The summed E-state index contributed by atoms with van der Waals surface area (Å²) in [5.41, 5.74) is 1.39. The fraction of sp³-hybridized carbons (Fsp3) is 0. The fourth-order valence-corrected chi connectivity index (χ4v) is 3.51. The molecule has 0 radical (unpaired) electrons. The van der Waals surface area contributed by atoms with Crippen molar-refractivity contribution in [1.82, 2.24) is 14.9 Å². The van der Waals surface area contributed by atoms with Crippen LogP contribution in [0, 0.1) is 10.6 Å². The monoisotopic (exact) mass is 482 g/mol. The smallest absolute Gasteiger partial charge is 0.216 e. The van der Waals surface area contributed by atoms with Crippen LogP contribution >= 0.6 is 12.2 Å². The minimum atomic E-state index is -0.489. The van der Waals surface area contributed by atoms with Gasteiger partial charge in [0.2, 0.25) is 4.77 Å². The molecule has 0 fully saturated rings. The van der Waals surface area contributed by atoms with Crippen molar-refractivity contribution in [2.45, 2.75) is 0 Å². The molecule has 0 aliphatic rings. The number of nitrogens with zero attached hydrogens (tertiary/aromatic N) is 3.